The molecule has 3 aromatic carbocycles. The zero-order valence-corrected chi connectivity index (χ0v) is 20.9. The maximum atomic E-state index is 13.4. The molecule has 1 atom stereocenters. The van der Waals surface area contributed by atoms with Crippen molar-refractivity contribution in [1.29, 1.82) is 0 Å². The first-order valence-electron chi connectivity index (χ1n) is 12.0. The lowest BCUT2D eigenvalue weighted by atomic mass is 9.95. The number of benzene rings is 3. The predicted molar refractivity (Wildman–Crippen MR) is 142 cm³/mol. The number of carbonyl (C=O) groups is 2. The van der Waals surface area contributed by atoms with Crippen molar-refractivity contribution in [2.45, 2.75) is 12.6 Å². The number of aromatic nitrogens is 1. The van der Waals surface area contributed by atoms with Crippen LogP contribution in [0.2, 0.25) is 0 Å². The second kappa shape index (κ2) is 10.0. The fraction of sp³-hybridized carbons (Fsp3) is 0.138. The second-order valence-corrected chi connectivity index (χ2v) is 9.56. The molecule has 38 heavy (non-hydrogen) atoms. The van der Waals surface area contributed by atoms with E-state index < -0.39 is 17.7 Å². The Kier molecular flexibility index (Phi) is 6.27. The molecule has 1 fully saturated rings. The van der Waals surface area contributed by atoms with E-state index in [2.05, 4.69) is 4.98 Å². The molecule has 0 unspecified atom stereocenters. The van der Waals surface area contributed by atoms with Gasteiger partial charge < -0.3 is 19.3 Å². The molecular weight excluding hydrogens is 504 g/mol. The molecule has 0 bridgehead atoms. The molecule has 0 spiro atoms. The number of thiazole rings is 1. The number of Topliss-reactive ketones (excluding diaryl/α,β-unsaturated/α-hetero) is 1. The minimum atomic E-state index is -0.908. The van der Waals surface area contributed by atoms with Crippen molar-refractivity contribution in [3.8, 4) is 17.2 Å². The molecule has 2 aliphatic rings. The zero-order chi connectivity index (χ0) is 26.1. The average Bonchev–Trinajstić information content (AvgIpc) is 3.58. The molecule has 1 N–H and O–H groups in total. The number of anilines is 1. The van der Waals surface area contributed by atoms with Gasteiger partial charge in [0.1, 0.15) is 31.3 Å². The first-order valence-corrected chi connectivity index (χ1v) is 12.9. The van der Waals surface area contributed by atoms with E-state index in [4.69, 9.17) is 14.2 Å². The smallest absolute Gasteiger partial charge is 0.301 e. The summed E-state index contributed by atoms with van der Waals surface area (Å²) in [6.45, 7) is 1.16. The highest BCUT2D eigenvalue weighted by Crippen LogP contribution is 2.44. The molecule has 1 saturated heterocycles. The molecule has 9 heteroatoms. The number of rotatable bonds is 6. The zero-order valence-electron chi connectivity index (χ0n) is 20.1. The van der Waals surface area contributed by atoms with Crippen molar-refractivity contribution in [3.63, 3.8) is 0 Å². The summed E-state index contributed by atoms with van der Waals surface area (Å²) < 4.78 is 17.2. The van der Waals surface area contributed by atoms with Crippen molar-refractivity contribution in [1.82, 2.24) is 4.98 Å². The molecule has 0 radical (unpaired) electrons. The van der Waals surface area contributed by atoms with E-state index in [1.165, 1.54) is 16.2 Å². The van der Waals surface area contributed by atoms with Crippen LogP contribution in [0.25, 0.3) is 5.76 Å². The summed E-state index contributed by atoms with van der Waals surface area (Å²) >= 11 is 1.23. The highest BCUT2D eigenvalue weighted by molar-refractivity contribution is 7.14. The third-order valence-corrected chi connectivity index (χ3v) is 7.08. The first-order chi connectivity index (χ1) is 18.6. The number of nitrogens with zero attached hydrogens (tertiary/aromatic N) is 2. The van der Waals surface area contributed by atoms with Crippen molar-refractivity contribution in [2.75, 3.05) is 18.1 Å². The van der Waals surface area contributed by atoms with Gasteiger partial charge in [0.15, 0.2) is 16.6 Å². The largest absolute Gasteiger partial charge is 0.507 e. The van der Waals surface area contributed by atoms with E-state index in [-0.39, 0.29) is 11.3 Å². The van der Waals surface area contributed by atoms with Crippen LogP contribution in [0.1, 0.15) is 22.7 Å². The van der Waals surface area contributed by atoms with Gasteiger partial charge in [0, 0.05) is 17.1 Å². The molecule has 6 rings (SSSR count). The number of ether oxygens (including phenoxy) is 3. The fourth-order valence-corrected chi connectivity index (χ4v) is 5.21. The minimum absolute atomic E-state index is 0.0397. The van der Waals surface area contributed by atoms with E-state index in [0.717, 1.165) is 5.56 Å². The maximum absolute atomic E-state index is 13.4. The number of hydrogen-bond donors (Lipinski definition) is 1. The van der Waals surface area contributed by atoms with Gasteiger partial charge in [-0.2, -0.15) is 0 Å². The van der Waals surface area contributed by atoms with E-state index in [1.54, 1.807) is 48.0 Å². The number of hydrogen-bond acceptors (Lipinski definition) is 8. The SMILES string of the molecule is O=C1C(=O)N(c2nccs2)[C@@H](c2cccc(OCc3ccccc3)c2)/C1=C(\O)c1ccc2c(c1)OCCO2. The van der Waals surface area contributed by atoms with Crippen LogP contribution < -0.4 is 19.1 Å². The molecule has 190 valence electrons. The number of ketones is 1. The summed E-state index contributed by atoms with van der Waals surface area (Å²) in [5.74, 6) is -0.290. The van der Waals surface area contributed by atoms with Crippen molar-refractivity contribution >= 4 is 33.9 Å². The molecule has 4 aromatic rings. The van der Waals surface area contributed by atoms with Gasteiger partial charge in [0.25, 0.3) is 5.78 Å². The maximum Gasteiger partial charge on any atom is 0.301 e. The van der Waals surface area contributed by atoms with Gasteiger partial charge in [-0.1, -0.05) is 42.5 Å². The lowest BCUT2D eigenvalue weighted by Crippen LogP contribution is -2.29. The third kappa shape index (κ3) is 4.37. The number of fused-ring (bicyclic) bond motifs is 1. The average molecular weight is 527 g/mol. The standard InChI is InChI=1S/C29H22N2O6S/c32-26(20-9-10-22-23(16-20)36-13-12-35-22)24-25(31(28(34)27(24)33)29-30-11-14-38-29)19-7-4-8-21(15-19)37-17-18-5-2-1-3-6-18/h1-11,14-16,25,32H,12-13,17H2/b26-24+/t25-/m0/s1. The van der Waals surface area contributed by atoms with Gasteiger partial charge in [-0.25, -0.2) is 4.98 Å². The number of aliphatic hydroxyl groups excluding tert-OH is 1. The van der Waals surface area contributed by atoms with Crippen LogP contribution in [0.3, 0.4) is 0 Å². The summed E-state index contributed by atoms with van der Waals surface area (Å²) in [5.41, 5.74) is 1.91. The van der Waals surface area contributed by atoms with Crippen molar-refractivity contribution < 1.29 is 28.9 Å². The Balaban J connectivity index is 1.43. The van der Waals surface area contributed by atoms with Gasteiger partial charge in [-0.05, 0) is 41.5 Å². The molecule has 2 aliphatic heterocycles. The van der Waals surface area contributed by atoms with Gasteiger partial charge in [-0.15, -0.1) is 11.3 Å². The van der Waals surface area contributed by atoms with Crippen LogP contribution in [0, 0.1) is 0 Å². The number of aliphatic hydroxyl groups is 1. The van der Waals surface area contributed by atoms with Crippen LogP contribution in [-0.4, -0.2) is 35.0 Å². The Bertz CT molecular complexity index is 1530. The summed E-state index contributed by atoms with van der Waals surface area (Å²) in [6, 6.07) is 20.9. The van der Waals surface area contributed by atoms with E-state index in [9.17, 15) is 14.7 Å². The molecular formula is C29H22N2O6S. The molecule has 3 heterocycles. The van der Waals surface area contributed by atoms with Crippen molar-refractivity contribution in [3.05, 3.63) is 107 Å². The van der Waals surface area contributed by atoms with Crippen LogP contribution in [0.15, 0.2) is 89.9 Å². The minimum Gasteiger partial charge on any atom is -0.507 e. The number of amides is 1. The normalized spacial score (nSPS) is 18.0. The van der Waals surface area contributed by atoms with E-state index >= 15 is 0 Å². The first kappa shape index (κ1) is 23.7. The van der Waals surface area contributed by atoms with Gasteiger partial charge in [0.2, 0.25) is 0 Å². The summed E-state index contributed by atoms with van der Waals surface area (Å²) in [6.07, 6.45) is 1.57. The summed E-state index contributed by atoms with van der Waals surface area (Å²) in [5, 5.41) is 13.5. The van der Waals surface area contributed by atoms with Crippen molar-refractivity contribution in [2.24, 2.45) is 0 Å². The Hall–Kier alpha value is -4.63. The lowest BCUT2D eigenvalue weighted by molar-refractivity contribution is -0.132. The lowest BCUT2D eigenvalue weighted by Gasteiger charge is -2.23. The Labute approximate surface area is 222 Å². The quantitative estimate of drug-likeness (QED) is 0.212. The topological polar surface area (TPSA) is 98.2 Å². The molecule has 0 aliphatic carbocycles. The molecule has 1 aromatic heterocycles. The van der Waals surface area contributed by atoms with E-state index in [1.807, 2.05) is 36.4 Å². The Morgan fingerprint density at radius 2 is 1.82 bits per heavy atom. The summed E-state index contributed by atoms with van der Waals surface area (Å²) in [4.78, 5) is 32.3. The van der Waals surface area contributed by atoms with Crippen LogP contribution in [-0.2, 0) is 16.2 Å². The van der Waals surface area contributed by atoms with Crippen LogP contribution in [0.4, 0.5) is 5.13 Å². The highest BCUT2D eigenvalue weighted by atomic mass is 32.1. The Morgan fingerprint density at radius 1 is 1.00 bits per heavy atom. The van der Waals surface area contributed by atoms with Gasteiger partial charge in [0.05, 0.1) is 11.6 Å². The monoisotopic (exact) mass is 526 g/mol. The molecule has 0 saturated carbocycles. The van der Waals surface area contributed by atoms with E-state index in [0.29, 0.717) is 53.3 Å². The predicted octanol–water partition coefficient (Wildman–Crippen LogP) is 5.12. The Morgan fingerprint density at radius 3 is 2.61 bits per heavy atom. The van der Waals surface area contributed by atoms with Crippen LogP contribution in [0.5, 0.6) is 17.2 Å². The van der Waals surface area contributed by atoms with Crippen LogP contribution >= 0.6 is 11.3 Å². The third-order valence-electron chi connectivity index (χ3n) is 6.31. The second-order valence-electron chi connectivity index (χ2n) is 8.69. The summed E-state index contributed by atoms with van der Waals surface area (Å²) in [7, 11) is 0. The molecule has 8 nitrogen and oxygen atoms in total. The van der Waals surface area contributed by atoms with Gasteiger partial charge >= 0.3 is 5.91 Å². The number of carbonyl (C=O) groups excluding carboxylic acids is 2. The highest BCUT2D eigenvalue weighted by Gasteiger charge is 2.48. The molecule has 1 amide bonds. The van der Waals surface area contributed by atoms with Gasteiger partial charge in [-0.3, -0.25) is 14.5 Å². The fourth-order valence-electron chi connectivity index (χ4n) is 4.54.